The predicted molar refractivity (Wildman–Crippen MR) is 78.1 cm³/mol. The molecule has 0 aliphatic heterocycles. The molecule has 0 unspecified atom stereocenters. The Balaban J connectivity index is 1.57. The minimum Gasteiger partial charge on any atom is -0.326 e. The fourth-order valence-electron chi connectivity index (χ4n) is 3.90. The lowest BCUT2D eigenvalue weighted by molar-refractivity contribution is -0.117. The van der Waals surface area contributed by atoms with Gasteiger partial charge in [0, 0.05) is 12.1 Å². The van der Waals surface area contributed by atoms with Crippen LogP contribution in [0.4, 0.5) is 5.69 Å². The molecular formula is C17H23NO. The molecule has 3 atom stereocenters. The van der Waals surface area contributed by atoms with Crippen LogP contribution < -0.4 is 5.32 Å². The summed E-state index contributed by atoms with van der Waals surface area (Å²) in [6, 6.07) is 6.14. The second-order valence-electron chi connectivity index (χ2n) is 6.49. The lowest BCUT2D eigenvalue weighted by Crippen LogP contribution is -2.20. The molecule has 1 N–H and O–H groups in total. The van der Waals surface area contributed by atoms with Crippen LogP contribution in [0.1, 0.15) is 43.2 Å². The van der Waals surface area contributed by atoms with Gasteiger partial charge in [0.05, 0.1) is 0 Å². The van der Waals surface area contributed by atoms with Crippen LogP contribution in [0.5, 0.6) is 0 Å². The Bertz CT molecular complexity index is 494. The zero-order valence-electron chi connectivity index (χ0n) is 11.9. The molecule has 3 rings (SSSR count). The van der Waals surface area contributed by atoms with Gasteiger partial charge >= 0.3 is 0 Å². The van der Waals surface area contributed by atoms with Crippen molar-refractivity contribution in [2.75, 3.05) is 5.32 Å². The van der Waals surface area contributed by atoms with E-state index in [1.165, 1.54) is 36.8 Å². The highest BCUT2D eigenvalue weighted by molar-refractivity contribution is 5.91. The van der Waals surface area contributed by atoms with Gasteiger partial charge in [-0.15, -0.1) is 0 Å². The topological polar surface area (TPSA) is 29.1 Å². The van der Waals surface area contributed by atoms with Crippen molar-refractivity contribution in [3.63, 3.8) is 0 Å². The zero-order valence-corrected chi connectivity index (χ0v) is 11.9. The van der Waals surface area contributed by atoms with Crippen LogP contribution in [-0.2, 0) is 4.79 Å². The van der Waals surface area contributed by atoms with Gasteiger partial charge in [0.15, 0.2) is 0 Å². The van der Waals surface area contributed by atoms with E-state index in [0.717, 1.165) is 17.5 Å². The largest absolute Gasteiger partial charge is 0.326 e. The molecule has 2 aliphatic rings. The smallest absolute Gasteiger partial charge is 0.224 e. The molecule has 19 heavy (non-hydrogen) atoms. The molecule has 1 aromatic carbocycles. The van der Waals surface area contributed by atoms with Crippen LogP contribution in [-0.4, -0.2) is 5.91 Å². The van der Waals surface area contributed by atoms with Crippen molar-refractivity contribution >= 4 is 11.6 Å². The summed E-state index contributed by atoms with van der Waals surface area (Å²) in [6.45, 7) is 4.18. The van der Waals surface area contributed by atoms with Gasteiger partial charge in [-0.2, -0.15) is 0 Å². The minimum absolute atomic E-state index is 0.195. The number of amides is 1. The minimum atomic E-state index is 0.195. The monoisotopic (exact) mass is 257 g/mol. The van der Waals surface area contributed by atoms with E-state index < -0.39 is 0 Å². The number of hydrogen-bond donors (Lipinski definition) is 1. The first-order valence-electron chi connectivity index (χ1n) is 7.49. The highest BCUT2D eigenvalue weighted by Gasteiger charge is 2.40. The van der Waals surface area contributed by atoms with Gasteiger partial charge in [0.2, 0.25) is 5.91 Å². The second kappa shape index (κ2) is 4.99. The Kier molecular flexibility index (Phi) is 3.34. The zero-order chi connectivity index (χ0) is 13.4. The van der Waals surface area contributed by atoms with E-state index in [9.17, 15) is 4.79 Å². The summed E-state index contributed by atoms with van der Waals surface area (Å²) in [6.07, 6.45) is 6.13. The summed E-state index contributed by atoms with van der Waals surface area (Å²) < 4.78 is 0. The first kappa shape index (κ1) is 12.7. The Morgan fingerprint density at radius 3 is 2.68 bits per heavy atom. The molecule has 1 amide bonds. The Morgan fingerprint density at radius 2 is 2.05 bits per heavy atom. The average Bonchev–Trinajstić information content (AvgIpc) is 2.96. The van der Waals surface area contributed by atoms with Gasteiger partial charge in [0.1, 0.15) is 0 Å². The number of rotatable bonds is 3. The lowest BCUT2D eigenvalue weighted by atomic mass is 9.86. The third-order valence-electron chi connectivity index (χ3n) is 5.12. The highest BCUT2D eigenvalue weighted by atomic mass is 16.1. The normalized spacial score (nSPS) is 28.6. The molecule has 2 aliphatic carbocycles. The fourth-order valence-corrected chi connectivity index (χ4v) is 3.90. The van der Waals surface area contributed by atoms with E-state index >= 15 is 0 Å². The van der Waals surface area contributed by atoms with Crippen molar-refractivity contribution in [1.82, 2.24) is 0 Å². The lowest BCUT2D eigenvalue weighted by Gasteiger charge is -2.21. The standard InChI is InChI=1S/C17H23NO/c1-11-3-6-16(7-12(11)2)18-17(19)10-15-9-13-4-5-14(15)8-13/h3,6-7,13-15H,4-5,8-10H2,1-2H3,(H,18,19)/t13-,14-,15-/m1/s1. The van der Waals surface area contributed by atoms with Gasteiger partial charge < -0.3 is 5.32 Å². The molecule has 102 valence electrons. The number of anilines is 1. The van der Waals surface area contributed by atoms with Crippen LogP contribution in [0.3, 0.4) is 0 Å². The number of nitrogens with one attached hydrogen (secondary N) is 1. The highest BCUT2D eigenvalue weighted by Crippen LogP contribution is 2.49. The molecule has 0 saturated heterocycles. The first-order chi connectivity index (χ1) is 9.11. The molecular weight excluding hydrogens is 234 g/mol. The molecule has 2 saturated carbocycles. The number of fused-ring (bicyclic) bond motifs is 2. The van der Waals surface area contributed by atoms with E-state index in [2.05, 4.69) is 31.3 Å². The second-order valence-corrected chi connectivity index (χ2v) is 6.49. The molecule has 2 fully saturated rings. The number of carbonyl (C=O) groups is 1. The molecule has 0 radical (unpaired) electrons. The number of aryl methyl sites for hydroxylation is 2. The summed E-state index contributed by atoms with van der Waals surface area (Å²) >= 11 is 0. The van der Waals surface area contributed by atoms with Crippen molar-refractivity contribution in [2.24, 2.45) is 17.8 Å². The van der Waals surface area contributed by atoms with Gasteiger partial charge in [-0.05, 0) is 74.1 Å². The van der Waals surface area contributed by atoms with E-state index in [0.29, 0.717) is 12.3 Å². The number of carbonyl (C=O) groups excluding carboxylic acids is 1. The van der Waals surface area contributed by atoms with Gasteiger partial charge in [0.25, 0.3) is 0 Å². The Hall–Kier alpha value is -1.31. The maximum Gasteiger partial charge on any atom is 0.224 e. The van der Waals surface area contributed by atoms with Crippen LogP contribution in [0.15, 0.2) is 18.2 Å². The molecule has 0 aromatic heterocycles. The van der Waals surface area contributed by atoms with E-state index in [1.54, 1.807) is 0 Å². The van der Waals surface area contributed by atoms with Crippen molar-refractivity contribution in [3.8, 4) is 0 Å². The first-order valence-corrected chi connectivity index (χ1v) is 7.49. The van der Waals surface area contributed by atoms with Crippen molar-refractivity contribution in [2.45, 2.75) is 46.0 Å². The molecule has 2 bridgehead atoms. The molecule has 2 heteroatoms. The van der Waals surface area contributed by atoms with E-state index in [4.69, 9.17) is 0 Å². The van der Waals surface area contributed by atoms with Crippen molar-refractivity contribution < 1.29 is 4.79 Å². The average molecular weight is 257 g/mol. The maximum atomic E-state index is 12.1. The van der Waals surface area contributed by atoms with Gasteiger partial charge in [-0.3, -0.25) is 4.79 Å². The quantitative estimate of drug-likeness (QED) is 0.869. The third kappa shape index (κ3) is 2.68. The molecule has 0 heterocycles. The maximum absolute atomic E-state index is 12.1. The van der Waals surface area contributed by atoms with Crippen LogP contribution in [0, 0.1) is 31.6 Å². The van der Waals surface area contributed by atoms with E-state index in [-0.39, 0.29) is 5.91 Å². The molecule has 0 spiro atoms. The van der Waals surface area contributed by atoms with Gasteiger partial charge in [-0.1, -0.05) is 12.5 Å². The Labute approximate surface area is 115 Å². The summed E-state index contributed by atoms with van der Waals surface area (Å²) in [4.78, 5) is 12.1. The predicted octanol–water partition coefficient (Wildman–Crippen LogP) is 4.07. The summed E-state index contributed by atoms with van der Waals surface area (Å²) in [5, 5.41) is 3.06. The molecule has 1 aromatic rings. The van der Waals surface area contributed by atoms with Crippen molar-refractivity contribution in [1.29, 1.82) is 0 Å². The summed E-state index contributed by atoms with van der Waals surface area (Å²) in [5.74, 6) is 2.59. The molecule has 2 nitrogen and oxygen atoms in total. The number of benzene rings is 1. The van der Waals surface area contributed by atoms with Crippen LogP contribution in [0.2, 0.25) is 0 Å². The Morgan fingerprint density at radius 1 is 1.21 bits per heavy atom. The van der Waals surface area contributed by atoms with Crippen LogP contribution >= 0.6 is 0 Å². The van der Waals surface area contributed by atoms with Crippen LogP contribution in [0.25, 0.3) is 0 Å². The number of hydrogen-bond acceptors (Lipinski definition) is 1. The van der Waals surface area contributed by atoms with Crippen molar-refractivity contribution in [3.05, 3.63) is 29.3 Å². The SMILES string of the molecule is Cc1ccc(NC(=O)C[C@H]2C[C@@H]3CC[C@@H]2C3)cc1C. The fraction of sp³-hybridized carbons (Fsp3) is 0.588. The van der Waals surface area contributed by atoms with E-state index in [1.807, 2.05) is 6.07 Å². The third-order valence-corrected chi connectivity index (χ3v) is 5.12. The summed E-state index contributed by atoms with van der Waals surface area (Å²) in [7, 11) is 0. The summed E-state index contributed by atoms with van der Waals surface area (Å²) in [5.41, 5.74) is 3.44. The van der Waals surface area contributed by atoms with Gasteiger partial charge in [-0.25, -0.2) is 0 Å².